The summed E-state index contributed by atoms with van der Waals surface area (Å²) < 4.78 is 0.940. The van der Waals surface area contributed by atoms with Crippen LogP contribution < -0.4 is 5.32 Å². The van der Waals surface area contributed by atoms with Gasteiger partial charge in [0.15, 0.2) is 0 Å². The number of urea groups is 1. The van der Waals surface area contributed by atoms with E-state index in [1.165, 1.54) is 0 Å². The first kappa shape index (κ1) is 13.1. The van der Waals surface area contributed by atoms with Gasteiger partial charge >= 0.3 is 6.03 Å². The van der Waals surface area contributed by atoms with Gasteiger partial charge in [0.05, 0.1) is 0 Å². The first-order valence-corrected chi connectivity index (χ1v) is 6.65. The minimum atomic E-state index is -0.758. The van der Waals surface area contributed by atoms with Gasteiger partial charge in [-0.3, -0.25) is 10.1 Å². The molecule has 1 unspecified atom stereocenters. The molecule has 1 saturated heterocycles. The van der Waals surface area contributed by atoms with E-state index in [0.29, 0.717) is 13.0 Å². The van der Waals surface area contributed by atoms with Crippen LogP contribution in [0.15, 0.2) is 28.7 Å². The molecule has 0 spiro atoms. The van der Waals surface area contributed by atoms with Crippen molar-refractivity contribution in [2.45, 2.75) is 32.4 Å². The summed E-state index contributed by atoms with van der Waals surface area (Å²) in [5.41, 5.74) is 0.230. The number of nitrogens with zero attached hydrogens (tertiary/aromatic N) is 1. The van der Waals surface area contributed by atoms with Crippen molar-refractivity contribution in [3.63, 3.8) is 0 Å². The lowest BCUT2D eigenvalue weighted by Gasteiger charge is -2.31. The van der Waals surface area contributed by atoms with E-state index in [4.69, 9.17) is 0 Å². The lowest BCUT2D eigenvalue weighted by molar-refractivity contribution is -0.126. The smallest absolute Gasteiger partial charge is 0.306 e. The molecule has 0 aliphatic carbocycles. The van der Waals surface area contributed by atoms with Crippen molar-refractivity contribution in [1.82, 2.24) is 10.2 Å². The molecule has 2 rings (SSSR count). The fraction of sp³-hybridized carbons (Fsp3) is 0.385. The van der Waals surface area contributed by atoms with Crippen molar-refractivity contribution in [1.29, 1.82) is 0 Å². The first-order chi connectivity index (χ1) is 8.49. The Morgan fingerprint density at radius 2 is 2.00 bits per heavy atom. The Morgan fingerprint density at radius 1 is 1.33 bits per heavy atom. The van der Waals surface area contributed by atoms with Crippen LogP contribution in [0.25, 0.3) is 0 Å². The predicted molar refractivity (Wildman–Crippen MR) is 71.9 cm³/mol. The highest BCUT2D eigenvalue weighted by Crippen LogP contribution is 2.29. The van der Waals surface area contributed by atoms with E-state index in [9.17, 15) is 9.59 Å². The normalized spacial score (nSPS) is 23.4. The van der Waals surface area contributed by atoms with Gasteiger partial charge in [0, 0.05) is 11.0 Å². The Labute approximate surface area is 114 Å². The highest BCUT2D eigenvalue weighted by molar-refractivity contribution is 9.10. The molecule has 18 heavy (non-hydrogen) atoms. The third-order valence-corrected chi connectivity index (χ3v) is 4.30. The molecule has 1 aromatic rings. The van der Waals surface area contributed by atoms with E-state index in [1.54, 1.807) is 11.8 Å². The zero-order valence-electron chi connectivity index (χ0n) is 10.4. The van der Waals surface area contributed by atoms with Gasteiger partial charge in [-0.25, -0.2) is 4.79 Å². The summed E-state index contributed by atoms with van der Waals surface area (Å²) in [5.74, 6) is -0.220. The maximum absolute atomic E-state index is 11.9. The van der Waals surface area contributed by atoms with E-state index in [-0.39, 0.29) is 11.9 Å². The number of carbonyl (C=O) groups is 2. The van der Waals surface area contributed by atoms with E-state index < -0.39 is 5.54 Å². The average molecular weight is 311 g/mol. The molecule has 1 heterocycles. The largest absolute Gasteiger partial charge is 0.325 e. The molecule has 1 aromatic carbocycles. The summed E-state index contributed by atoms with van der Waals surface area (Å²) in [6, 6.07) is 7.38. The molecule has 0 radical (unpaired) electrons. The third-order valence-electron chi connectivity index (χ3n) is 3.53. The zero-order valence-corrected chi connectivity index (χ0v) is 12.0. The minimum Gasteiger partial charge on any atom is -0.306 e. The number of rotatable bonds is 3. The standard InChI is InChI=1S/C13H15BrN2O2/c1-3-13(2)11(17)15-12(18)16(13)8-9-6-4-5-7-10(9)14/h4-7H,3,8H2,1-2H3,(H,15,17,18). The zero-order chi connectivity index (χ0) is 13.3. The van der Waals surface area contributed by atoms with Crippen LogP contribution in [-0.2, 0) is 11.3 Å². The summed E-state index contributed by atoms with van der Waals surface area (Å²) in [5, 5.41) is 2.38. The van der Waals surface area contributed by atoms with Crippen LogP contribution in [0.3, 0.4) is 0 Å². The quantitative estimate of drug-likeness (QED) is 0.873. The molecule has 0 aromatic heterocycles. The molecule has 0 saturated carbocycles. The van der Waals surface area contributed by atoms with E-state index >= 15 is 0 Å². The summed E-state index contributed by atoms with van der Waals surface area (Å²) in [6.45, 7) is 4.12. The minimum absolute atomic E-state index is 0.220. The number of imide groups is 1. The molecule has 1 aliphatic heterocycles. The number of carbonyl (C=O) groups excluding carboxylic acids is 2. The molecule has 1 fully saturated rings. The van der Waals surface area contributed by atoms with Gasteiger partial charge in [0.1, 0.15) is 5.54 Å². The second kappa shape index (κ2) is 4.72. The van der Waals surface area contributed by atoms with Gasteiger partial charge in [-0.1, -0.05) is 41.1 Å². The van der Waals surface area contributed by atoms with Gasteiger partial charge < -0.3 is 4.90 Å². The number of hydrogen-bond acceptors (Lipinski definition) is 2. The molecule has 5 heteroatoms. The summed E-state index contributed by atoms with van der Waals surface area (Å²) in [4.78, 5) is 25.3. The van der Waals surface area contributed by atoms with Crippen LogP contribution in [0.4, 0.5) is 4.79 Å². The number of hydrogen-bond donors (Lipinski definition) is 1. The van der Waals surface area contributed by atoms with Crippen LogP contribution in [0.2, 0.25) is 0 Å². The van der Waals surface area contributed by atoms with Gasteiger partial charge in [0.25, 0.3) is 5.91 Å². The molecule has 1 aliphatic rings. The molecule has 0 bridgehead atoms. The van der Waals surface area contributed by atoms with Crippen molar-refractivity contribution in [2.75, 3.05) is 0 Å². The number of amides is 3. The molecular formula is C13H15BrN2O2. The van der Waals surface area contributed by atoms with E-state index in [0.717, 1.165) is 10.0 Å². The Bertz CT molecular complexity index is 504. The number of benzene rings is 1. The maximum Gasteiger partial charge on any atom is 0.325 e. The molecule has 4 nitrogen and oxygen atoms in total. The summed E-state index contributed by atoms with van der Waals surface area (Å²) in [6.07, 6.45) is 0.592. The highest BCUT2D eigenvalue weighted by Gasteiger charge is 2.47. The first-order valence-electron chi connectivity index (χ1n) is 5.85. The Kier molecular flexibility index (Phi) is 3.43. The Morgan fingerprint density at radius 3 is 2.61 bits per heavy atom. The van der Waals surface area contributed by atoms with Gasteiger partial charge in [-0.2, -0.15) is 0 Å². The predicted octanol–water partition coefficient (Wildman–Crippen LogP) is 2.67. The van der Waals surface area contributed by atoms with Gasteiger partial charge in [0.2, 0.25) is 0 Å². The van der Waals surface area contributed by atoms with E-state index in [1.807, 2.05) is 31.2 Å². The summed E-state index contributed by atoms with van der Waals surface area (Å²) >= 11 is 3.45. The van der Waals surface area contributed by atoms with Crippen molar-refractivity contribution >= 4 is 27.9 Å². The Balaban J connectivity index is 2.30. The summed E-state index contributed by atoms with van der Waals surface area (Å²) in [7, 11) is 0. The third kappa shape index (κ3) is 2.03. The number of nitrogens with one attached hydrogen (secondary N) is 1. The topological polar surface area (TPSA) is 49.4 Å². The lowest BCUT2D eigenvalue weighted by atomic mass is 9.97. The average Bonchev–Trinajstić information content (AvgIpc) is 2.56. The fourth-order valence-electron chi connectivity index (χ4n) is 2.04. The molecule has 1 atom stereocenters. The van der Waals surface area contributed by atoms with Crippen LogP contribution in [-0.4, -0.2) is 22.4 Å². The van der Waals surface area contributed by atoms with Crippen molar-refractivity contribution < 1.29 is 9.59 Å². The lowest BCUT2D eigenvalue weighted by Crippen LogP contribution is -2.46. The molecular weight excluding hydrogens is 296 g/mol. The van der Waals surface area contributed by atoms with Crippen LogP contribution >= 0.6 is 15.9 Å². The second-order valence-electron chi connectivity index (χ2n) is 4.56. The van der Waals surface area contributed by atoms with Crippen molar-refractivity contribution in [3.8, 4) is 0 Å². The van der Waals surface area contributed by atoms with Gasteiger partial charge in [-0.05, 0) is 25.0 Å². The SMILES string of the molecule is CCC1(C)C(=O)NC(=O)N1Cc1ccccc1Br. The van der Waals surface area contributed by atoms with Crippen LogP contribution in [0.1, 0.15) is 25.8 Å². The molecule has 96 valence electrons. The maximum atomic E-state index is 11.9. The van der Waals surface area contributed by atoms with Crippen molar-refractivity contribution in [3.05, 3.63) is 34.3 Å². The second-order valence-corrected chi connectivity index (χ2v) is 5.42. The van der Waals surface area contributed by atoms with Crippen molar-refractivity contribution in [2.24, 2.45) is 0 Å². The molecule has 1 N–H and O–H groups in total. The number of halogens is 1. The Hall–Kier alpha value is -1.36. The van der Waals surface area contributed by atoms with Crippen LogP contribution in [0.5, 0.6) is 0 Å². The van der Waals surface area contributed by atoms with Gasteiger partial charge in [-0.15, -0.1) is 0 Å². The highest BCUT2D eigenvalue weighted by atomic mass is 79.9. The van der Waals surface area contributed by atoms with E-state index in [2.05, 4.69) is 21.2 Å². The fourth-order valence-corrected chi connectivity index (χ4v) is 2.45. The monoisotopic (exact) mass is 310 g/mol. The molecule has 3 amide bonds. The van der Waals surface area contributed by atoms with Crippen LogP contribution in [0, 0.1) is 0 Å².